The molecule has 2 heterocycles. The Morgan fingerprint density at radius 1 is 1.17 bits per heavy atom. The molecular weight excluding hydrogens is 300 g/mol. The van der Waals surface area contributed by atoms with Crippen molar-refractivity contribution >= 4 is 17.3 Å². The summed E-state index contributed by atoms with van der Waals surface area (Å²) in [7, 11) is 0. The molecule has 3 aliphatic rings. The Kier molecular flexibility index (Phi) is 4.72. The van der Waals surface area contributed by atoms with Crippen LogP contribution in [0.3, 0.4) is 0 Å². The first kappa shape index (κ1) is 15.9. The lowest BCUT2D eigenvalue weighted by atomic mass is 10.2. The molecule has 2 N–H and O–H groups in total. The van der Waals surface area contributed by atoms with Gasteiger partial charge in [-0.2, -0.15) is 0 Å². The Morgan fingerprint density at radius 2 is 2.00 bits per heavy atom. The second-order valence-electron chi connectivity index (χ2n) is 7.42. The van der Waals surface area contributed by atoms with Gasteiger partial charge >= 0.3 is 0 Å². The lowest BCUT2D eigenvalue weighted by Gasteiger charge is -2.36. The van der Waals surface area contributed by atoms with Gasteiger partial charge in [0.2, 0.25) is 5.91 Å². The van der Waals surface area contributed by atoms with Crippen LogP contribution in [0.15, 0.2) is 24.3 Å². The molecular formula is C19H28N4O. The van der Waals surface area contributed by atoms with E-state index < -0.39 is 0 Å². The van der Waals surface area contributed by atoms with E-state index in [1.54, 1.807) is 0 Å². The zero-order valence-electron chi connectivity index (χ0n) is 14.3. The lowest BCUT2D eigenvalue weighted by Crippen LogP contribution is -2.47. The summed E-state index contributed by atoms with van der Waals surface area (Å²) in [6.07, 6.45) is 4.88. The lowest BCUT2D eigenvalue weighted by molar-refractivity contribution is -0.117. The highest BCUT2D eigenvalue weighted by Gasteiger charge is 2.26. The smallest absolute Gasteiger partial charge is 0.241 e. The first-order chi connectivity index (χ1) is 11.8. The topological polar surface area (TPSA) is 47.6 Å². The van der Waals surface area contributed by atoms with Crippen LogP contribution in [0.1, 0.15) is 25.7 Å². The van der Waals surface area contributed by atoms with E-state index in [1.807, 2.05) is 12.1 Å². The number of nitrogens with zero attached hydrogens (tertiary/aromatic N) is 2. The van der Waals surface area contributed by atoms with Crippen LogP contribution in [0.5, 0.6) is 0 Å². The first-order valence-electron chi connectivity index (χ1n) is 9.39. The number of rotatable bonds is 5. The normalized spacial score (nSPS) is 25.0. The van der Waals surface area contributed by atoms with Gasteiger partial charge in [0.05, 0.1) is 6.04 Å². The molecule has 1 saturated carbocycles. The van der Waals surface area contributed by atoms with Crippen molar-refractivity contribution < 1.29 is 4.79 Å². The van der Waals surface area contributed by atoms with Crippen molar-refractivity contribution in [1.29, 1.82) is 0 Å². The van der Waals surface area contributed by atoms with Gasteiger partial charge < -0.3 is 15.5 Å². The summed E-state index contributed by atoms with van der Waals surface area (Å²) in [4.78, 5) is 17.3. The SMILES string of the molecule is O=C(Nc1cccc(N2CCN(CC3CC3)CC2)c1)C1CCCN1. The van der Waals surface area contributed by atoms with Crippen LogP contribution in [-0.2, 0) is 4.79 Å². The molecule has 0 spiro atoms. The van der Waals surface area contributed by atoms with E-state index >= 15 is 0 Å². The van der Waals surface area contributed by atoms with Crippen molar-refractivity contribution in [2.75, 3.05) is 49.5 Å². The molecule has 2 aliphatic heterocycles. The number of hydrogen-bond donors (Lipinski definition) is 2. The molecule has 0 aromatic heterocycles. The molecule has 5 heteroatoms. The van der Waals surface area contributed by atoms with E-state index in [2.05, 4.69) is 32.6 Å². The van der Waals surface area contributed by atoms with Gasteiger partial charge in [-0.3, -0.25) is 9.69 Å². The fourth-order valence-electron chi connectivity index (χ4n) is 3.77. The summed E-state index contributed by atoms with van der Waals surface area (Å²) < 4.78 is 0. The summed E-state index contributed by atoms with van der Waals surface area (Å²) in [6, 6.07) is 8.27. The Morgan fingerprint density at radius 3 is 2.71 bits per heavy atom. The Bertz CT molecular complexity index is 572. The van der Waals surface area contributed by atoms with Crippen molar-refractivity contribution in [3.05, 3.63) is 24.3 Å². The van der Waals surface area contributed by atoms with Gasteiger partial charge in [-0.15, -0.1) is 0 Å². The second kappa shape index (κ2) is 7.11. The van der Waals surface area contributed by atoms with E-state index in [4.69, 9.17) is 0 Å². The summed E-state index contributed by atoms with van der Waals surface area (Å²) in [5.41, 5.74) is 2.13. The Hall–Kier alpha value is -1.59. The van der Waals surface area contributed by atoms with Crippen molar-refractivity contribution in [1.82, 2.24) is 10.2 Å². The highest BCUT2D eigenvalue weighted by molar-refractivity contribution is 5.95. The molecule has 3 fully saturated rings. The van der Waals surface area contributed by atoms with Crippen LogP contribution >= 0.6 is 0 Å². The number of carbonyl (C=O) groups excluding carboxylic acids is 1. The van der Waals surface area contributed by atoms with Gasteiger partial charge in [0.25, 0.3) is 0 Å². The predicted molar refractivity (Wildman–Crippen MR) is 97.5 cm³/mol. The summed E-state index contributed by atoms with van der Waals surface area (Å²) in [6.45, 7) is 6.70. The quantitative estimate of drug-likeness (QED) is 0.867. The third-order valence-corrected chi connectivity index (χ3v) is 5.44. The summed E-state index contributed by atoms with van der Waals surface area (Å²) in [5, 5.41) is 6.32. The molecule has 2 saturated heterocycles. The van der Waals surface area contributed by atoms with E-state index in [0.717, 1.165) is 57.2 Å². The standard InChI is InChI=1S/C19H28N4O/c24-19(18-5-2-8-20-18)21-16-3-1-4-17(13-16)23-11-9-22(10-12-23)14-15-6-7-15/h1,3-4,13,15,18,20H,2,5-12,14H2,(H,21,24). The van der Waals surface area contributed by atoms with E-state index in [9.17, 15) is 4.79 Å². The maximum atomic E-state index is 12.3. The monoisotopic (exact) mass is 328 g/mol. The van der Waals surface area contributed by atoms with Crippen LogP contribution < -0.4 is 15.5 Å². The highest BCUT2D eigenvalue weighted by Crippen LogP contribution is 2.30. The number of piperazine rings is 1. The van der Waals surface area contributed by atoms with Crippen LogP contribution in [0.25, 0.3) is 0 Å². The minimum atomic E-state index is -0.0281. The van der Waals surface area contributed by atoms with Crippen LogP contribution in [-0.4, -0.2) is 56.1 Å². The number of carbonyl (C=O) groups is 1. The molecule has 0 radical (unpaired) electrons. The molecule has 1 unspecified atom stereocenters. The number of benzene rings is 1. The van der Waals surface area contributed by atoms with Crippen molar-refractivity contribution in [3.63, 3.8) is 0 Å². The summed E-state index contributed by atoms with van der Waals surface area (Å²) >= 11 is 0. The average Bonchev–Trinajstić information content (AvgIpc) is 3.24. The zero-order valence-corrected chi connectivity index (χ0v) is 14.3. The van der Waals surface area contributed by atoms with Crippen LogP contribution in [0.4, 0.5) is 11.4 Å². The van der Waals surface area contributed by atoms with Crippen molar-refractivity contribution in [2.24, 2.45) is 5.92 Å². The first-order valence-corrected chi connectivity index (χ1v) is 9.39. The second-order valence-corrected chi connectivity index (χ2v) is 7.42. The largest absolute Gasteiger partial charge is 0.369 e. The third kappa shape index (κ3) is 3.90. The van der Waals surface area contributed by atoms with Crippen molar-refractivity contribution in [2.45, 2.75) is 31.7 Å². The number of amides is 1. The van der Waals surface area contributed by atoms with Gasteiger partial charge in [0, 0.05) is 44.1 Å². The third-order valence-electron chi connectivity index (χ3n) is 5.44. The summed E-state index contributed by atoms with van der Waals surface area (Å²) in [5.74, 6) is 1.07. The molecule has 5 nitrogen and oxygen atoms in total. The molecule has 130 valence electrons. The highest BCUT2D eigenvalue weighted by atomic mass is 16.2. The van der Waals surface area contributed by atoms with Crippen LogP contribution in [0.2, 0.25) is 0 Å². The Labute approximate surface area is 144 Å². The van der Waals surface area contributed by atoms with Crippen molar-refractivity contribution in [3.8, 4) is 0 Å². The molecule has 24 heavy (non-hydrogen) atoms. The zero-order chi connectivity index (χ0) is 16.4. The fourth-order valence-corrected chi connectivity index (χ4v) is 3.77. The van der Waals surface area contributed by atoms with E-state index in [1.165, 1.54) is 25.1 Å². The van der Waals surface area contributed by atoms with Gasteiger partial charge in [-0.1, -0.05) is 6.07 Å². The predicted octanol–water partition coefficient (Wildman–Crippen LogP) is 1.91. The molecule has 1 amide bonds. The van der Waals surface area contributed by atoms with Gasteiger partial charge in [-0.05, 0) is 56.3 Å². The number of anilines is 2. The Balaban J connectivity index is 1.33. The van der Waals surface area contributed by atoms with Crippen LogP contribution in [0, 0.1) is 5.92 Å². The fraction of sp³-hybridized carbons (Fsp3) is 0.632. The molecule has 1 aromatic rings. The number of nitrogens with one attached hydrogen (secondary N) is 2. The van der Waals surface area contributed by atoms with Gasteiger partial charge in [0.15, 0.2) is 0 Å². The maximum Gasteiger partial charge on any atom is 0.241 e. The number of hydrogen-bond acceptors (Lipinski definition) is 4. The molecule has 1 aliphatic carbocycles. The van der Waals surface area contributed by atoms with Gasteiger partial charge in [-0.25, -0.2) is 0 Å². The molecule has 4 rings (SSSR count). The minimum absolute atomic E-state index is 0.0281. The minimum Gasteiger partial charge on any atom is -0.369 e. The maximum absolute atomic E-state index is 12.3. The van der Waals surface area contributed by atoms with E-state index in [0.29, 0.717) is 0 Å². The van der Waals surface area contributed by atoms with E-state index in [-0.39, 0.29) is 11.9 Å². The molecule has 0 bridgehead atoms. The van der Waals surface area contributed by atoms with Gasteiger partial charge in [0.1, 0.15) is 0 Å². The molecule has 1 atom stereocenters. The molecule has 1 aromatic carbocycles. The average molecular weight is 328 g/mol.